The fourth-order valence-electron chi connectivity index (χ4n) is 2.55. The van der Waals surface area contributed by atoms with Gasteiger partial charge in [0.15, 0.2) is 0 Å². The van der Waals surface area contributed by atoms with Crippen LogP contribution in [0.1, 0.15) is 27.2 Å². The molecule has 0 saturated heterocycles. The number of hydrogen-bond acceptors (Lipinski definition) is 5. The van der Waals surface area contributed by atoms with E-state index in [0.717, 1.165) is 16.8 Å². The summed E-state index contributed by atoms with van der Waals surface area (Å²) in [5.41, 5.74) is 4.38. The Morgan fingerprint density at radius 1 is 1.04 bits per heavy atom. The minimum absolute atomic E-state index is 0.232. The molecule has 0 aliphatic heterocycles. The summed E-state index contributed by atoms with van der Waals surface area (Å²) in [6.45, 7) is 4.01. The lowest BCUT2D eigenvalue weighted by atomic mass is 10.1. The van der Waals surface area contributed by atoms with Crippen LogP contribution in [0, 0.1) is 25.2 Å². The van der Waals surface area contributed by atoms with Crippen molar-refractivity contribution in [3.05, 3.63) is 77.2 Å². The van der Waals surface area contributed by atoms with Gasteiger partial charge in [-0.05, 0) is 43.2 Å². The molecule has 0 radical (unpaired) electrons. The second-order valence-corrected chi connectivity index (χ2v) is 5.83. The quantitative estimate of drug-likeness (QED) is 0.748. The van der Waals surface area contributed by atoms with E-state index in [-0.39, 0.29) is 11.6 Å². The summed E-state index contributed by atoms with van der Waals surface area (Å²) in [7, 11) is 0. The summed E-state index contributed by atoms with van der Waals surface area (Å²) in [6.07, 6.45) is 1.34. The molecule has 2 N–H and O–H groups in total. The Bertz CT molecular complexity index is 987. The monoisotopic (exact) mass is 343 g/mol. The molecule has 3 rings (SSSR count). The number of aromatic nitrogens is 2. The number of benzene rings is 2. The van der Waals surface area contributed by atoms with Crippen LogP contribution in [-0.4, -0.2) is 15.9 Å². The summed E-state index contributed by atoms with van der Waals surface area (Å²) in [5, 5.41) is 14.9. The normalized spacial score (nSPS) is 10.0. The van der Waals surface area contributed by atoms with E-state index < -0.39 is 0 Å². The summed E-state index contributed by atoms with van der Waals surface area (Å²) in [6, 6.07) is 16.3. The first-order valence-electron chi connectivity index (χ1n) is 8.03. The van der Waals surface area contributed by atoms with E-state index in [1.54, 1.807) is 30.3 Å². The van der Waals surface area contributed by atoms with Crippen molar-refractivity contribution in [3.63, 3.8) is 0 Å². The number of amides is 1. The second kappa shape index (κ2) is 7.45. The third-order valence-electron chi connectivity index (χ3n) is 3.88. The lowest BCUT2D eigenvalue weighted by Crippen LogP contribution is -2.14. The molecular formula is C20H17N5O. The number of nitrogens with one attached hydrogen (secondary N) is 2. The molecule has 1 heterocycles. The van der Waals surface area contributed by atoms with Gasteiger partial charge in [-0.2, -0.15) is 5.26 Å². The van der Waals surface area contributed by atoms with Crippen LogP contribution in [0.2, 0.25) is 0 Å². The van der Waals surface area contributed by atoms with Crippen LogP contribution in [0.3, 0.4) is 0 Å². The molecular weight excluding hydrogens is 326 g/mol. The van der Waals surface area contributed by atoms with E-state index in [1.165, 1.54) is 6.33 Å². The summed E-state index contributed by atoms with van der Waals surface area (Å²) >= 11 is 0. The molecule has 2 aromatic carbocycles. The highest BCUT2D eigenvalue weighted by atomic mass is 16.1. The molecule has 0 unspecified atom stereocenters. The summed E-state index contributed by atoms with van der Waals surface area (Å²) in [5.74, 6) is 0.167. The van der Waals surface area contributed by atoms with Crippen LogP contribution in [0.4, 0.5) is 17.2 Å². The number of anilines is 3. The molecule has 0 bridgehead atoms. The van der Waals surface area contributed by atoms with Gasteiger partial charge in [-0.25, -0.2) is 9.97 Å². The number of nitriles is 1. The van der Waals surface area contributed by atoms with Crippen molar-refractivity contribution in [2.75, 3.05) is 10.6 Å². The lowest BCUT2D eigenvalue weighted by molar-refractivity contribution is 0.102. The smallest absolute Gasteiger partial charge is 0.274 e. The van der Waals surface area contributed by atoms with Gasteiger partial charge in [0.2, 0.25) is 0 Å². The Balaban J connectivity index is 1.80. The molecule has 0 aliphatic rings. The molecule has 3 aromatic rings. The molecule has 1 amide bonds. The number of hydrogen-bond donors (Lipinski definition) is 2. The lowest BCUT2D eigenvalue weighted by Gasteiger charge is -2.12. The molecule has 26 heavy (non-hydrogen) atoms. The predicted octanol–water partition coefficient (Wildman–Crippen LogP) is 3.96. The molecule has 0 fully saturated rings. The van der Waals surface area contributed by atoms with E-state index in [4.69, 9.17) is 5.26 Å². The highest BCUT2D eigenvalue weighted by Gasteiger charge is 2.11. The van der Waals surface area contributed by atoms with Crippen molar-refractivity contribution in [1.29, 1.82) is 5.26 Å². The second-order valence-electron chi connectivity index (χ2n) is 5.83. The van der Waals surface area contributed by atoms with Crippen molar-refractivity contribution < 1.29 is 4.79 Å². The van der Waals surface area contributed by atoms with Crippen LogP contribution in [0.5, 0.6) is 0 Å². The van der Waals surface area contributed by atoms with Crippen LogP contribution in [-0.2, 0) is 0 Å². The maximum atomic E-state index is 12.4. The highest BCUT2D eigenvalue weighted by molar-refractivity contribution is 6.03. The van der Waals surface area contributed by atoms with Crippen molar-refractivity contribution >= 4 is 23.1 Å². The van der Waals surface area contributed by atoms with Gasteiger partial charge >= 0.3 is 0 Å². The van der Waals surface area contributed by atoms with Gasteiger partial charge in [0.1, 0.15) is 17.8 Å². The zero-order valence-corrected chi connectivity index (χ0v) is 14.4. The Morgan fingerprint density at radius 3 is 2.50 bits per heavy atom. The van der Waals surface area contributed by atoms with Gasteiger partial charge < -0.3 is 10.6 Å². The molecule has 0 spiro atoms. The summed E-state index contributed by atoms with van der Waals surface area (Å²) < 4.78 is 0. The molecule has 0 atom stereocenters. The Morgan fingerprint density at radius 2 is 1.77 bits per heavy atom. The minimum Gasteiger partial charge on any atom is -0.340 e. The van der Waals surface area contributed by atoms with Crippen LogP contribution in [0.25, 0.3) is 0 Å². The molecule has 0 aliphatic carbocycles. The van der Waals surface area contributed by atoms with E-state index in [1.807, 2.05) is 38.1 Å². The van der Waals surface area contributed by atoms with Crippen LogP contribution < -0.4 is 10.6 Å². The van der Waals surface area contributed by atoms with Crippen LogP contribution >= 0.6 is 0 Å². The molecule has 128 valence electrons. The number of carbonyl (C=O) groups excluding carboxylic acids is 1. The predicted molar refractivity (Wildman–Crippen MR) is 100 cm³/mol. The van der Waals surface area contributed by atoms with E-state index >= 15 is 0 Å². The maximum Gasteiger partial charge on any atom is 0.274 e. The molecule has 6 heteroatoms. The fourth-order valence-corrected chi connectivity index (χ4v) is 2.55. The molecule has 6 nitrogen and oxygen atoms in total. The zero-order valence-electron chi connectivity index (χ0n) is 14.4. The minimum atomic E-state index is -0.368. The number of para-hydroxylation sites is 1. The number of aryl methyl sites for hydroxylation is 2. The first kappa shape index (κ1) is 17.1. The topological polar surface area (TPSA) is 90.7 Å². The van der Waals surface area contributed by atoms with Crippen molar-refractivity contribution in [2.45, 2.75) is 13.8 Å². The third kappa shape index (κ3) is 3.84. The van der Waals surface area contributed by atoms with Gasteiger partial charge in [0, 0.05) is 17.4 Å². The Hall–Kier alpha value is -3.72. The number of rotatable bonds is 4. The zero-order chi connectivity index (χ0) is 18.5. The maximum absolute atomic E-state index is 12.4. The number of nitrogens with zero attached hydrogens (tertiary/aromatic N) is 3. The van der Waals surface area contributed by atoms with Crippen LogP contribution in [0.15, 0.2) is 54.9 Å². The highest BCUT2D eigenvalue weighted by Crippen LogP contribution is 2.23. The average Bonchev–Trinajstić information content (AvgIpc) is 2.65. The van der Waals surface area contributed by atoms with Gasteiger partial charge in [-0.15, -0.1) is 0 Å². The Labute approximate surface area is 151 Å². The van der Waals surface area contributed by atoms with Crippen molar-refractivity contribution in [1.82, 2.24) is 9.97 Å². The fraction of sp³-hybridized carbons (Fsp3) is 0.100. The van der Waals surface area contributed by atoms with Gasteiger partial charge in [-0.1, -0.05) is 24.3 Å². The first-order chi connectivity index (χ1) is 12.6. The van der Waals surface area contributed by atoms with E-state index in [0.29, 0.717) is 17.1 Å². The standard InChI is InChI=1S/C20H17N5O/c1-13-5-3-6-14(2)19(13)25-18-10-17(22-12-23-18)20(26)24-16-8-4-7-15(9-16)11-21/h3-10,12H,1-2H3,(H,24,26)(H,22,23,25). The van der Waals surface area contributed by atoms with Gasteiger partial charge in [0.25, 0.3) is 5.91 Å². The SMILES string of the molecule is Cc1cccc(C)c1Nc1cc(C(=O)Nc2cccc(C#N)c2)ncn1. The number of carbonyl (C=O) groups is 1. The molecule has 1 aromatic heterocycles. The average molecular weight is 343 g/mol. The summed E-state index contributed by atoms with van der Waals surface area (Å²) in [4.78, 5) is 20.7. The van der Waals surface area contributed by atoms with E-state index in [9.17, 15) is 4.79 Å². The molecule has 0 saturated carbocycles. The van der Waals surface area contributed by atoms with Gasteiger partial charge in [-0.3, -0.25) is 4.79 Å². The largest absolute Gasteiger partial charge is 0.340 e. The third-order valence-corrected chi connectivity index (χ3v) is 3.88. The van der Waals surface area contributed by atoms with E-state index in [2.05, 4.69) is 20.6 Å². The van der Waals surface area contributed by atoms with Crippen molar-refractivity contribution in [3.8, 4) is 6.07 Å². The Kier molecular flexibility index (Phi) is 4.90. The van der Waals surface area contributed by atoms with Gasteiger partial charge in [0.05, 0.1) is 11.6 Å². The van der Waals surface area contributed by atoms with Crippen molar-refractivity contribution in [2.24, 2.45) is 0 Å². The first-order valence-corrected chi connectivity index (χ1v) is 8.03.